The summed E-state index contributed by atoms with van der Waals surface area (Å²) >= 11 is 6.28. The van der Waals surface area contributed by atoms with Crippen molar-refractivity contribution in [2.45, 2.75) is 153 Å². The summed E-state index contributed by atoms with van der Waals surface area (Å²) in [4.78, 5) is 85.8. The Kier molecular flexibility index (Phi) is 12.9. The first-order valence-electron chi connectivity index (χ1n) is 19.9. The summed E-state index contributed by atoms with van der Waals surface area (Å²) in [6.07, 6.45) is 16.0. The van der Waals surface area contributed by atoms with Crippen molar-refractivity contribution >= 4 is 52.6 Å². The molecule has 3 N–H and O–H groups in total. The van der Waals surface area contributed by atoms with E-state index in [4.69, 9.17) is 11.6 Å². The van der Waals surface area contributed by atoms with Crippen molar-refractivity contribution in [3.05, 3.63) is 29.3 Å². The van der Waals surface area contributed by atoms with E-state index in [2.05, 4.69) is 16.0 Å². The van der Waals surface area contributed by atoms with E-state index in [1.807, 2.05) is 6.07 Å². The van der Waals surface area contributed by atoms with Gasteiger partial charge in [-0.05, 0) is 69.1 Å². The molecule has 5 aliphatic rings. The molecule has 4 atom stereocenters. The highest BCUT2D eigenvalue weighted by Crippen LogP contribution is 2.45. The minimum Gasteiger partial charge on any atom is -0.347 e. The summed E-state index contributed by atoms with van der Waals surface area (Å²) in [5.74, 6) is -2.15. The van der Waals surface area contributed by atoms with Gasteiger partial charge in [-0.25, -0.2) is 0 Å². The van der Waals surface area contributed by atoms with Crippen LogP contribution < -0.4 is 20.9 Å². The predicted molar refractivity (Wildman–Crippen MR) is 198 cm³/mol. The summed E-state index contributed by atoms with van der Waals surface area (Å²) in [6, 6.07) is 4.28. The van der Waals surface area contributed by atoms with Gasteiger partial charge in [0.05, 0.1) is 6.04 Å². The quantitative estimate of drug-likeness (QED) is 0.254. The number of anilines is 1. The van der Waals surface area contributed by atoms with Gasteiger partial charge in [0.15, 0.2) is 0 Å². The third kappa shape index (κ3) is 9.94. The Morgan fingerprint density at radius 2 is 1.46 bits per heavy atom. The van der Waals surface area contributed by atoms with Crippen LogP contribution in [-0.2, 0) is 28.8 Å². The van der Waals surface area contributed by atoms with Crippen LogP contribution in [0.15, 0.2) is 24.3 Å². The average Bonchev–Trinajstić information content (AvgIpc) is 3.84. The molecule has 1 spiro atoms. The number of halogens is 1. The molecule has 6 rings (SSSR count). The Balaban J connectivity index is 1.26. The number of nitrogens with one attached hydrogen (secondary N) is 3. The minimum atomic E-state index is -1.02. The number of nitrogens with zero attached hydrogens (tertiary/aromatic N) is 2. The molecule has 5 fully saturated rings. The van der Waals surface area contributed by atoms with Gasteiger partial charge in [-0.15, -0.1) is 0 Å². The van der Waals surface area contributed by atoms with E-state index in [0.717, 1.165) is 77.0 Å². The molecular formula is C40H56ClN5O6. The van der Waals surface area contributed by atoms with E-state index in [0.29, 0.717) is 48.9 Å². The second-order valence-electron chi connectivity index (χ2n) is 16.2. The second-order valence-corrected chi connectivity index (χ2v) is 16.7. The van der Waals surface area contributed by atoms with Gasteiger partial charge in [-0.3, -0.25) is 28.8 Å². The third-order valence-corrected chi connectivity index (χ3v) is 12.1. The van der Waals surface area contributed by atoms with Crippen LogP contribution in [0.4, 0.5) is 5.69 Å². The molecule has 1 aromatic rings. The number of carbonyl (C=O) groups excluding carboxylic acids is 6. The molecule has 0 aromatic heterocycles. The molecule has 2 aliphatic carbocycles. The molecule has 52 heavy (non-hydrogen) atoms. The Morgan fingerprint density at radius 1 is 0.808 bits per heavy atom. The summed E-state index contributed by atoms with van der Waals surface area (Å²) < 4.78 is 0. The number of carbonyl (C=O) groups is 6. The molecule has 1 aromatic carbocycles. The van der Waals surface area contributed by atoms with Gasteiger partial charge in [-0.1, -0.05) is 88.3 Å². The molecule has 12 heteroatoms. The maximum absolute atomic E-state index is 14.7. The van der Waals surface area contributed by atoms with Crippen molar-refractivity contribution in [2.75, 3.05) is 18.0 Å². The standard InChI is InChI=1S/C40H56ClN5O6/c41-28-15-12-16-30(22-28)45-25-40(24-35(45)48)23-33-37(50)44-31(36(49)38(51)42-29-19-20-29)17-10-4-2-1-3-5-11-18-32(39(52)46(33)26-40)43-34(47)21-27-13-8-6-7-9-14-27/h12,15-16,22,27,29,31-33H,1-11,13-14,17-21,23-26H2,(H,42,51)(H,43,47)(H,44,50)/t31-,32-,33?,40+/m0/s1. The highest BCUT2D eigenvalue weighted by molar-refractivity contribution is 6.38. The highest BCUT2D eigenvalue weighted by Gasteiger charge is 2.55. The van der Waals surface area contributed by atoms with Gasteiger partial charge in [0.2, 0.25) is 29.4 Å². The van der Waals surface area contributed by atoms with Crippen molar-refractivity contribution in [3.63, 3.8) is 0 Å². The molecule has 1 unspecified atom stereocenters. The zero-order valence-electron chi connectivity index (χ0n) is 30.5. The van der Waals surface area contributed by atoms with E-state index < -0.39 is 41.1 Å². The fourth-order valence-electron chi connectivity index (χ4n) is 8.84. The molecule has 3 heterocycles. The van der Waals surface area contributed by atoms with Gasteiger partial charge < -0.3 is 25.8 Å². The summed E-state index contributed by atoms with van der Waals surface area (Å²) in [5.41, 5.74) is -0.0701. The number of ketones is 1. The molecule has 2 saturated carbocycles. The normalized spacial score (nSPS) is 28.6. The van der Waals surface area contributed by atoms with Crippen LogP contribution >= 0.6 is 11.6 Å². The second kappa shape index (κ2) is 17.6. The lowest BCUT2D eigenvalue weighted by Crippen LogP contribution is -2.56. The van der Waals surface area contributed by atoms with Gasteiger partial charge in [0.1, 0.15) is 12.1 Å². The van der Waals surface area contributed by atoms with E-state index in [9.17, 15) is 28.8 Å². The number of amides is 5. The molecule has 11 nitrogen and oxygen atoms in total. The Labute approximate surface area is 312 Å². The number of hydrogen-bond donors (Lipinski definition) is 3. The maximum atomic E-state index is 14.7. The Morgan fingerprint density at radius 3 is 2.13 bits per heavy atom. The number of Topliss-reactive ketones (excluding diaryl/α,β-unsaturated/α-hetero) is 1. The largest absolute Gasteiger partial charge is 0.347 e. The van der Waals surface area contributed by atoms with Gasteiger partial charge in [0.25, 0.3) is 5.91 Å². The first-order chi connectivity index (χ1) is 25.1. The van der Waals surface area contributed by atoms with E-state index in [1.165, 1.54) is 12.8 Å². The molecule has 0 radical (unpaired) electrons. The molecular weight excluding hydrogens is 682 g/mol. The summed E-state index contributed by atoms with van der Waals surface area (Å²) in [5, 5.41) is 9.27. The van der Waals surface area contributed by atoms with Crippen molar-refractivity contribution in [1.82, 2.24) is 20.9 Å². The molecule has 3 saturated heterocycles. The van der Waals surface area contributed by atoms with Crippen molar-refractivity contribution in [3.8, 4) is 0 Å². The highest BCUT2D eigenvalue weighted by atomic mass is 35.5. The van der Waals surface area contributed by atoms with Crippen molar-refractivity contribution < 1.29 is 28.8 Å². The minimum absolute atomic E-state index is 0.00167. The van der Waals surface area contributed by atoms with Crippen LogP contribution in [0.3, 0.4) is 0 Å². The topological polar surface area (TPSA) is 145 Å². The number of rotatable bonds is 7. The molecule has 284 valence electrons. The lowest BCUT2D eigenvalue weighted by atomic mass is 9.84. The van der Waals surface area contributed by atoms with Crippen LogP contribution in [0.1, 0.15) is 128 Å². The van der Waals surface area contributed by atoms with Crippen LogP contribution in [0, 0.1) is 11.3 Å². The van der Waals surface area contributed by atoms with E-state index in [1.54, 1.807) is 28.0 Å². The van der Waals surface area contributed by atoms with Gasteiger partial charge in [-0.2, -0.15) is 0 Å². The predicted octanol–water partition coefficient (Wildman–Crippen LogP) is 5.37. The van der Waals surface area contributed by atoms with E-state index in [-0.39, 0.29) is 43.1 Å². The number of benzene rings is 1. The van der Waals surface area contributed by atoms with Crippen LogP contribution in [-0.4, -0.2) is 77.5 Å². The first-order valence-corrected chi connectivity index (χ1v) is 20.3. The Hall–Kier alpha value is -3.47. The summed E-state index contributed by atoms with van der Waals surface area (Å²) in [6.45, 7) is 0.451. The van der Waals surface area contributed by atoms with Crippen LogP contribution in [0.5, 0.6) is 0 Å². The third-order valence-electron chi connectivity index (χ3n) is 11.9. The smallest absolute Gasteiger partial charge is 0.289 e. The Bertz CT molecular complexity index is 1490. The molecule has 0 bridgehead atoms. The lowest BCUT2D eigenvalue weighted by molar-refractivity contribution is -0.143. The van der Waals surface area contributed by atoms with Crippen LogP contribution in [0.2, 0.25) is 5.02 Å². The van der Waals surface area contributed by atoms with Crippen molar-refractivity contribution in [1.29, 1.82) is 0 Å². The molecule has 5 amide bonds. The maximum Gasteiger partial charge on any atom is 0.289 e. The average molecular weight is 738 g/mol. The number of hydrogen-bond acceptors (Lipinski definition) is 6. The number of fused-ring (bicyclic) bond motifs is 1. The zero-order valence-corrected chi connectivity index (χ0v) is 31.2. The monoisotopic (exact) mass is 737 g/mol. The summed E-state index contributed by atoms with van der Waals surface area (Å²) in [7, 11) is 0. The first kappa shape index (κ1) is 38.3. The van der Waals surface area contributed by atoms with Gasteiger partial charge in [0, 0.05) is 48.1 Å². The van der Waals surface area contributed by atoms with E-state index >= 15 is 0 Å². The fourth-order valence-corrected chi connectivity index (χ4v) is 9.03. The SMILES string of the molecule is O=C(CC1CCCCCC1)N[C@H]1CCCCCCCCC[C@@H](C(=O)C(=O)NC2CC2)NC(=O)C2C[C@]3(CC(=O)N(c4cccc(Cl)c4)C3)CN2C1=O. The lowest BCUT2D eigenvalue weighted by Gasteiger charge is -2.30. The zero-order chi connectivity index (χ0) is 36.7. The van der Waals surface area contributed by atoms with Crippen molar-refractivity contribution in [2.24, 2.45) is 11.3 Å². The van der Waals surface area contributed by atoms with Gasteiger partial charge >= 0.3 is 0 Å². The fraction of sp³-hybridized carbons (Fsp3) is 0.700. The van der Waals surface area contributed by atoms with Crippen LogP contribution in [0.25, 0.3) is 0 Å². The molecule has 3 aliphatic heterocycles.